The van der Waals surface area contributed by atoms with Gasteiger partial charge in [-0.1, -0.05) is 78.9 Å². The average molecular weight is 328 g/mol. The third-order valence-electron chi connectivity index (χ3n) is 6.34. The van der Waals surface area contributed by atoms with E-state index in [1.807, 2.05) is 6.07 Å². The highest BCUT2D eigenvalue weighted by Crippen LogP contribution is 2.55. The Morgan fingerprint density at radius 3 is 1.64 bits per heavy atom. The van der Waals surface area contributed by atoms with Crippen molar-refractivity contribution in [3.63, 3.8) is 0 Å². The lowest BCUT2D eigenvalue weighted by molar-refractivity contribution is -0.0749. The zero-order valence-corrected chi connectivity index (χ0v) is 13.9. The summed E-state index contributed by atoms with van der Waals surface area (Å²) in [7, 11) is 0. The zero-order valence-electron chi connectivity index (χ0n) is 13.9. The van der Waals surface area contributed by atoms with Gasteiger partial charge in [-0.3, -0.25) is 0 Å². The summed E-state index contributed by atoms with van der Waals surface area (Å²) < 4.78 is 13.0. The van der Waals surface area contributed by atoms with Gasteiger partial charge in [0.1, 0.15) is 0 Å². The van der Waals surface area contributed by atoms with Gasteiger partial charge < -0.3 is 9.47 Å². The Bertz CT molecular complexity index is 818. The number of benzene rings is 2. The van der Waals surface area contributed by atoms with Crippen molar-refractivity contribution in [1.82, 2.24) is 0 Å². The lowest BCUT2D eigenvalue weighted by Crippen LogP contribution is -2.45. The third-order valence-corrected chi connectivity index (χ3v) is 6.34. The Hall–Kier alpha value is -2.16. The van der Waals surface area contributed by atoms with Crippen molar-refractivity contribution >= 4 is 0 Å². The summed E-state index contributed by atoms with van der Waals surface area (Å²) >= 11 is 0. The van der Waals surface area contributed by atoms with Crippen molar-refractivity contribution in [1.29, 1.82) is 0 Å². The number of ether oxygens (including phenoxy) is 2. The number of hydrogen-bond donors (Lipinski definition) is 0. The van der Waals surface area contributed by atoms with Crippen LogP contribution < -0.4 is 0 Å². The van der Waals surface area contributed by atoms with E-state index in [2.05, 4.69) is 72.8 Å². The van der Waals surface area contributed by atoms with E-state index in [0.717, 1.165) is 5.56 Å². The molecule has 1 fully saturated rings. The molecule has 1 heterocycles. The average Bonchev–Trinajstić information content (AvgIpc) is 3.09. The molecule has 2 nitrogen and oxygen atoms in total. The second kappa shape index (κ2) is 5.17. The van der Waals surface area contributed by atoms with Crippen molar-refractivity contribution in [3.8, 4) is 0 Å². The fraction of sp³-hybridized carbons (Fsp3) is 0.304. The molecular formula is C23H20O2. The van der Waals surface area contributed by atoms with Crippen molar-refractivity contribution in [2.75, 3.05) is 0 Å². The second-order valence-electron chi connectivity index (χ2n) is 7.55. The maximum atomic E-state index is 6.48. The number of rotatable bonds is 1. The molecular weight excluding hydrogens is 308 g/mol. The molecule has 0 spiro atoms. The molecule has 0 N–H and O–H groups in total. The molecule has 0 saturated carbocycles. The quantitative estimate of drug-likeness (QED) is 0.705. The molecule has 0 aromatic heterocycles. The fourth-order valence-electron chi connectivity index (χ4n) is 5.22. The Labute approximate surface area is 147 Å². The van der Waals surface area contributed by atoms with Crippen molar-refractivity contribution in [3.05, 3.63) is 95.6 Å². The van der Waals surface area contributed by atoms with E-state index in [4.69, 9.17) is 9.47 Å². The molecule has 0 radical (unpaired) electrons. The van der Waals surface area contributed by atoms with Gasteiger partial charge in [0, 0.05) is 29.2 Å². The molecule has 3 aliphatic carbocycles. The first-order chi connectivity index (χ1) is 12.4. The smallest absolute Gasteiger partial charge is 0.184 e. The van der Waals surface area contributed by atoms with E-state index in [1.165, 1.54) is 11.1 Å². The molecule has 4 bridgehead atoms. The molecule has 25 heavy (non-hydrogen) atoms. The van der Waals surface area contributed by atoms with E-state index in [0.29, 0.717) is 23.7 Å². The van der Waals surface area contributed by atoms with Crippen LogP contribution in [-0.2, 0) is 9.47 Å². The number of fused-ring (bicyclic) bond motifs is 2. The van der Waals surface area contributed by atoms with Crippen LogP contribution in [0.5, 0.6) is 0 Å². The lowest BCUT2D eigenvalue weighted by atomic mass is 9.62. The van der Waals surface area contributed by atoms with Gasteiger partial charge in [-0.15, -0.1) is 0 Å². The second-order valence-corrected chi connectivity index (χ2v) is 7.55. The maximum absolute atomic E-state index is 6.48. The minimum absolute atomic E-state index is 0.131. The molecule has 7 atom stereocenters. The molecule has 2 aromatic carbocycles. The van der Waals surface area contributed by atoms with Gasteiger partial charge in [0.05, 0.1) is 12.2 Å². The number of allylic oxidation sites excluding steroid dienone is 2. The van der Waals surface area contributed by atoms with Crippen LogP contribution in [0.4, 0.5) is 0 Å². The molecule has 1 unspecified atom stereocenters. The highest BCUT2D eigenvalue weighted by molar-refractivity contribution is 5.47. The lowest BCUT2D eigenvalue weighted by Gasteiger charge is -2.45. The van der Waals surface area contributed by atoms with Gasteiger partial charge in [0.2, 0.25) is 0 Å². The number of hydrogen-bond acceptors (Lipinski definition) is 2. The van der Waals surface area contributed by atoms with E-state index in [-0.39, 0.29) is 18.5 Å². The molecule has 124 valence electrons. The first kappa shape index (κ1) is 14.1. The molecule has 0 amide bonds. The van der Waals surface area contributed by atoms with Crippen LogP contribution in [0.25, 0.3) is 0 Å². The topological polar surface area (TPSA) is 18.5 Å². The fourth-order valence-corrected chi connectivity index (χ4v) is 5.22. The third kappa shape index (κ3) is 1.92. The Morgan fingerprint density at radius 1 is 0.560 bits per heavy atom. The normalized spacial score (nSPS) is 39.8. The zero-order chi connectivity index (χ0) is 16.4. The molecule has 6 rings (SSSR count). The highest BCUT2D eigenvalue weighted by atomic mass is 16.7. The predicted octanol–water partition coefficient (Wildman–Crippen LogP) is 4.72. The molecule has 1 aliphatic heterocycles. The summed E-state index contributed by atoms with van der Waals surface area (Å²) in [6.45, 7) is 0. The van der Waals surface area contributed by atoms with Crippen molar-refractivity contribution < 1.29 is 9.47 Å². The molecule has 2 heteroatoms. The van der Waals surface area contributed by atoms with Crippen LogP contribution in [0, 0.1) is 11.8 Å². The summed E-state index contributed by atoms with van der Waals surface area (Å²) in [5.41, 5.74) is 4.06. The van der Waals surface area contributed by atoms with E-state index in [9.17, 15) is 0 Å². The SMILES string of the molecule is C1=C[C@H]2[C@H]3OC(c4ccccc4)O[C@H]3[C@@H]1[C@H]1C=C[C@@H]2c2ccccc21. The minimum Gasteiger partial charge on any atom is -0.342 e. The van der Waals surface area contributed by atoms with Crippen LogP contribution in [-0.4, -0.2) is 12.2 Å². The first-order valence-electron chi connectivity index (χ1n) is 9.21. The Morgan fingerprint density at radius 2 is 1.08 bits per heavy atom. The summed E-state index contributed by atoms with van der Waals surface area (Å²) in [5.74, 6) is 1.45. The largest absolute Gasteiger partial charge is 0.342 e. The van der Waals surface area contributed by atoms with Crippen molar-refractivity contribution in [2.45, 2.75) is 30.3 Å². The highest BCUT2D eigenvalue weighted by Gasteiger charge is 2.53. The molecule has 2 aromatic rings. The minimum atomic E-state index is -0.248. The summed E-state index contributed by atoms with van der Waals surface area (Å²) in [4.78, 5) is 0. The van der Waals surface area contributed by atoms with Crippen molar-refractivity contribution in [2.24, 2.45) is 11.8 Å². The van der Waals surface area contributed by atoms with Gasteiger partial charge in [-0.2, -0.15) is 0 Å². The summed E-state index contributed by atoms with van der Waals surface area (Å²) in [6.07, 6.45) is 9.60. The Balaban J connectivity index is 1.44. The molecule has 4 aliphatic rings. The van der Waals surface area contributed by atoms with Gasteiger partial charge in [-0.05, 0) is 11.1 Å². The molecule has 1 saturated heterocycles. The van der Waals surface area contributed by atoms with E-state index >= 15 is 0 Å². The Kier molecular flexibility index (Phi) is 2.91. The summed E-state index contributed by atoms with van der Waals surface area (Å²) in [5, 5.41) is 0. The van der Waals surface area contributed by atoms with Gasteiger partial charge in [-0.25, -0.2) is 0 Å². The first-order valence-corrected chi connectivity index (χ1v) is 9.21. The van der Waals surface area contributed by atoms with E-state index in [1.54, 1.807) is 0 Å². The van der Waals surface area contributed by atoms with E-state index < -0.39 is 0 Å². The van der Waals surface area contributed by atoms with Gasteiger partial charge >= 0.3 is 0 Å². The standard InChI is InChI=1S/C23H20O2/c1-2-6-14(7-3-1)23-24-21-19-12-13-20(22(21)25-23)18-11-10-17(19)15-8-4-5-9-16(15)18/h1-13,17-23H/t17-,18+,19-,20+,21-,22+,23?. The predicted molar refractivity (Wildman–Crippen MR) is 96.1 cm³/mol. The summed E-state index contributed by atoms with van der Waals surface area (Å²) in [6, 6.07) is 19.3. The van der Waals surface area contributed by atoms with Crippen LogP contribution in [0.3, 0.4) is 0 Å². The van der Waals surface area contributed by atoms with Crippen LogP contribution >= 0.6 is 0 Å². The monoisotopic (exact) mass is 328 g/mol. The van der Waals surface area contributed by atoms with Gasteiger partial charge in [0.25, 0.3) is 0 Å². The van der Waals surface area contributed by atoms with Crippen LogP contribution in [0.1, 0.15) is 34.8 Å². The van der Waals surface area contributed by atoms with Gasteiger partial charge in [0.15, 0.2) is 6.29 Å². The maximum Gasteiger partial charge on any atom is 0.184 e. The van der Waals surface area contributed by atoms with Crippen LogP contribution in [0.2, 0.25) is 0 Å². The van der Waals surface area contributed by atoms with Crippen LogP contribution in [0.15, 0.2) is 78.9 Å².